The summed E-state index contributed by atoms with van der Waals surface area (Å²) in [6.07, 6.45) is 0. The number of carbonyl (C=O) groups excluding carboxylic acids is 1. The lowest BCUT2D eigenvalue weighted by molar-refractivity contribution is -0.134. The molecule has 10 nitrogen and oxygen atoms in total. The molecule has 11 heteroatoms. The van der Waals surface area contributed by atoms with Gasteiger partial charge < -0.3 is 9.64 Å². The van der Waals surface area contributed by atoms with E-state index in [4.69, 9.17) is 4.74 Å². The fourth-order valence-electron chi connectivity index (χ4n) is 3.44. The van der Waals surface area contributed by atoms with E-state index in [-0.39, 0.29) is 11.5 Å². The average molecular weight is 430 g/mol. The highest BCUT2D eigenvalue weighted by molar-refractivity contribution is 8.00. The van der Waals surface area contributed by atoms with Gasteiger partial charge in [-0.25, -0.2) is 4.68 Å². The van der Waals surface area contributed by atoms with Crippen molar-refractivity contribution in [3.8, 4) is 11.4 Å². The molecule has 1 unspecified atom stereocenters. The summed E-state index contributed by atoms with van der Waals surface area (Å²) in [6.45, 7) is 5.91. The number of nitrogens with zero attached hydrogens (tertiary/aromatic N) is 7. The number of hydrogen-bond acceptors (Lipinski definition) is 7. The van der Waals surface area contributed by atoms with Gasteiger partial charge in [0.2, 0.25) is 11.1 Å². The van der Waals surface area contributed by atoms with Crippen LogP contribution in [0.3, 0.4) is 0 Å². The first kappa shape index (κ1) is 20.4. The normalized spacial score (nSPS) is 15.4. The van der Waals surface area contributed by atoms with Crippen LogP contribution in [0.4, 0.5) is 0 Å². The van der Waals surface area contributed by atoms with E-state index in [1.54, 1.807) is 14.3 Å². The van der Waals surface area contributed by atoms with Crippen molar-refractivity contribution in [2.24, 2.45) is 7.05 Å². The molecule has 1 atom stereocenters. The van der Waals surface area contributed by atoms with Crippen LogP contribution >= 0.6 is 11.8 Å². The van der Waals surface area contributed by atoms with Crippen LogP contribution in [0.1, 0.15) is 12.6 Å². The molecule has 1 aliphatic heterocycles. The zero-order valence-electron chi connectivity index (χ0n) is 17.1. The molecule has 1 amide bonds. The highest BCUT2D eigenvalue weighted by Crippen LogP contribution is 2.25. The van der Waals surface area contributed by atoms with Gasteiger partial charge in [-0.1, -0.05) is 30.0 Å². The van der Waals surface area contributed by atoms with E-state index in [1.807, 2.05) is 51.2 Å². The first-order valence-corrected chi connectivity index (χ1v) is 10.5. The third kappa shape index (κ3) is 3.65. The zero-order valence-corrected chi connectivity index (χ0v) is 17.9. The lowest BCUT2D eigenvalue weighted by Gasteiger charge is -2.28. The summed E-state index contributed by atoms with van der Waals surface area (Å²) in [6, 6.07) is 9.38. The average Bonchev–Trinajstić information content (AvgIpc) is 3.30. The molecule has 1 saturated heterocycles. The Bertz CT molecular complexity index is 1100. The quantitative estimate of drug-likeness (QED) is 0.553. The molecule has 30 heavy (non-hydrogen) atoms. The molecule has 158 valence electrons. The minimum absolute atomic E-state index is 0.00401. The largest absolute Gasteiger partial charge is 0.378 e. The van der Waals surface area contributed by atoms with Crippen LogP contribution in [0.2, 0.25) is 0 Å². The van der Waals surface area contributed by atoms with Gasteiger partial charge in [0.15, 0.2) is 5.69 Å². The number of carbonyl (C=O) groups is 1. The van der Waals surface area contributed by atoms with E-state index in [9.17, 15) is 9.59 Å². The summed E-state index contributed by atoms with van der Waals surface area (Å²) >= 11 is 1.24. The minimum atomic E-state index is -0.395. The molecule has 4 rings (SSSR count). The molecular weight excluding hydrogens is 406 g/mol. The van der Waals surface area contributed by atoms with Crippen LogP contribution in [0.25, 0.3) is 11.4 Å². The Labute approximate surface area is 177 Å². The molecule has 3 heterocycles. The summed E-state index contributed by atoms with van der Waals surface area (Å²) in [5.41, 5.74) is 1.59. The van der Waals surface area contributed by atoms with Crippen LogP contribution in [0, 0.1) is 6.92 Å². The fourth-order valence-corrected chi connectivity index (χ4v) is 4.32. The second kappa shape index (κ2) is 8.44. The minimum Gasteiger partial charge on any atom is -0.378 e. The first-order chi connectivity index (χ1) is 14.5. The Morgan fingerprint density at radius 3 is 2.60 bits per heavy atom. The summed E-state index contributed by atoms with van der Waals surface area (Å²) in [7, 11) is 1.81. The third-order valence-electron chi connectivity index (χ3n) is 5.13. The van der Waals surface area contributed by atoms with Gasteiger partial charge in [0, 0.05) is 20.1 Å². The van der Waals surface area contributed by atoms with Gasteiger partial charge in [0.1, 0.15) is 0 Å². The molecule has 0 aliphatic carbocycles. The van der Waals surface area contributed by atoms with Crippen molar-refractivity contribution in [1.29, 1.82) is 0 Å². The van der Waals surface area contributed by atoms with Gasteiger partial charge in [0.25, 0.3) is 5.56 Å². The highest BCUT2D eigenvalue weighted by atomic mass is 32.2. The highest BCUT2D eigenvalue weighted by Gasteiger charge is 2.27. The molecule has 1 fully saturated rings. The summed E-state index contributed by atoms with van der Waals surface area (Å²) in [4.78, 5) is 27.8. The topological polar surface area (TPSA) is 100 Å². The Morgan fingerprint density at radius 2 is 1.90 bits per heavy atom. The van der Waals surface area contributed by atoms with Gasteiger partial charge in [-0.3, -0.25) is 14.3 Å². The van der Waals surface area contributed by atoms with Crippen LogP contribution in [-0.2, 0) is 16.6 Å². The van der Waals surface area contributed by atoms with Crippen molar-refractivity contribution in [3.63, 3.8) is 0 Å². The van der Waals surface area contributed by atoms with Gasteiger partial charge in [-0.15, -0.1) is 5.10 Å². The number of tetrazole rings is 1. The molecule has 1 aliphatic rings. The van der Waals surface area contributed by atoms with E-state index in [0.717, 1.165) is 5.69 Å². The maximum Gasteiger partial charge on any atom is 0.297 e. The van der Waals surface area contributed by atoms with E-state index in [0.29, 0.717) is 42.8 Å². The molecule has 0 N–H and O–H groups in total. The summed E-state index contributed by atoms with van der Waals surface area (Å²) < 4.78 is 10.1. The fraction of sp³-hybridized carbons (Fsp3) is 0.421. The van der Waals surface area contributed by atoms with Crippen molar-refractivity contribution >= 4 is 17.7 Å². The van der Waals surface area contributed by atoms with Crippen LogP contribution in [0.15, 0.2) is 40.3 Å². The number of hydrogen-bond donors (Lipinski definition) is 0. The van der Waals surface area contributed by atoms with Crippen LogP contribution in [0.5, 0.6) is 0 Å². The standard InChI is InChI=1S/C19H23N7O3S/c1-13-16(18(28)26(23(13)3)15-7-5-4-6-8-15)25-19(20-21-22-25)30-14(2)17(27)24-9-11-29-12-10-24/h4-8,14H,9-12H2,1-3H3. The number of aromatic nitrogens is 6. The predicted octanol–water partition coefficient (Wildman–Crippen LogP) is 0.800. The van der Waals surface area contributed by atoms with Crippen molar-refractivity contribution in [1.82, 2.24) is 34.5 Å². The number of benzene rings is 1. The first-order valence-electron chi connectivity index (χ1n) is 9.65. The Morgan fingerprint density at radius 1 is 1.20 bits per heavy atom. The monoisotopic (exact) mass is 429 g/mol. The number of para-hydroxylation sites is 1. The SMILES string of the molecule is Cc1c(-n2nnnc2SC(C)C(=O)N2CCOCC2)c(=O)n(-c2ccccc2)n1C. The Kier molecular flexibility index (Phi) is 5.73. The molecule has 0 saturated carbocycles. The second-order valence-electron chi connectivity index (χ2n) is 6.98. The maximum absolute atomic E-state index is 13.3. The predicted molar refractivity (Wildman–Crippen MR) is 111 cm³/mol. The molecular formula is C19H23N7O3S. The lowest BCUT2D eigenvalue weighted by Crippen LogP contribution is -2.44. The van der Waals surface area contributed by atoms with Gasteiger partial charge in [-0.05, 0) is 36.4 Å². The lowest BCUT2D eigenvalue weighted by atomic mass is 10.3. The van der Waals surface area contributed by atoms with Gasteiger partial charge >= 0.3 is 0 Å². The smallest absolute Gasteiger partial charge is 0.297 e. The van der Waals surface area contributed by atoms with Crippen LogP contribution < -0.4 is 5.56 Å². The van der Waals surface area contributed by atoms with Crippen molar-refractivity contribution in [2.45, 2.75) is 24.3 Å². The van der Waals surface area contributed by atoms with E-state index in [1.165, 1.54) is 16.4 Å². The number of rotatable bonds is 5. The Hall–Kier alpha value is -2.92. The van der Waals surface area contributed by atoms with E-state index in [2.05, 4.69) is 15.5 Å². The number of ether oxygens (including phenoxy) is 1. The molecule has 3 aromatic rings. The van der Waals surface area contributed by atoms with E-state index < -0.39 is 5.25 Å². The van der Waals surface area contributed by atoms with Crippen molar-refractivity contribution in [2.75, 3.05) is 26.3 Å². The summed E-state index contributed by atoms with van der Waals surface area (Å²) in [5.74, 6) is 0.00401. The third-order valence-corrected chi connectivity index (χ3v) is 6.15. The second-order valence-corrected chi connectivity index (χ2v) is 8.29. The maximum atomic E-state index is 13.3. The summed E-state index contributed by atoms with van der Waals surface area (Å²) in [5, 5.41) is 11.9. The molecule has 0 bridgehead atoms. The molecule has 0 spiro atoms. The van der Waals surface area contributed by atoms with Gasteiger partial charge in [0.05, 0.1) is 29.8 Å². The Balaban J connectivity index is 1.65. The van der Waals surface area contributed by atoms with Crippen LogP contribution in [-0.4, -0.2) is 71.9 Å². The number of thioether (sulfide) groups is 1. The molecule has 0 radical (unpaired) electrons. The van der Waals surface area contributed by atoms with E-state index >= 15 is 0 Å². The molecule has 2 aromatic heterocycles. The number of morpholine rings is 1. The van der Waals surface area contributed by atoms with Gasteiger partial charge in [-0.2, -0.15) is 4.68 Å². The van der Waals surface area contributed by atoms with Crippen molar-refractivity contribution in [3.05, 3.63) is 46.4 Å². The van der Waals surface area contributed by atoms with Crippen molar-refractivity contribution < 1.29 is 9.53 Å². The molecule has 1 aromatic carbocycles. The number of amides is 1. The zero-order chi connectivity index (χ0) is 21.3.